The fraction of sp³-hybridized carbons (Fsp3) is 0.111. The minimum absolute atomic E-state index is 0.0101. The van der Waals surface area contributed by atoms with Crippen LogP contribution in [0, 0.1) is 0 Å². The Kier molecular flexibility index (Phi) is 2.97. The van der Waals surface area contributed by atoms with Crippen LogP contribution < -0.4 is 10.1 Å². The van der Waals surface area contributed by atoms with Crippen LogP contribution in [-0.2, 0) is 0 Å². The van der Waals surface area contributed by atoms with Crippen molar-refractivity contribution in [2.45, 2.75) is 6.10 Å². The third-order valence-electron chi connectivity index (χ3n) is 3.87. The van der Waals surface area contributed by atoms with Gasteiger partial charge in [-0.05, 0) is 29.1 Å². The predicted octanol–water partition coefficient (Wildman–Crippen LogP) is 5.04. The van der Waals surface area contributed by atoms with E-state index in [1.807, 2.05) is 30.3 Å². The first kappa shape index (κ1) is 12.5. The molecule has 2 nitrogen and oxygen atoms in total. The Bertz CT molecular complexity index is 798. The Labute approximate surface area is 128 Å². The van der Waals surface area contributed by atoms with Gasteiger partial charge in [-0.1, -0.05) is 54.1 Å². The molecule has 21 heavy (non-hydrogen) atoms. The van der Waals surface area contributed by atoms with Crippen molar-refractivity contribution < 1.29 is 4.74 Å². The number of hydrogen-bond acceptors (Lipinski definition) is 2. The lowest BCUT2D eigenvalue weighted by atomic mass is 10.0. The maximum absolute atomic E-state index is 6.16. The third-order valence-corrected chi connectivity index (χ3v) is 4.12. The average Bonchev–Trinajstić information content (AvgIpc) is 2.55. The summed E-state index contributed by atoms with van der Waals surface area (Å²) < 4.78 is 6.16. The van der Waals surface area contributed by atoms with E-state index >= 15 is 0 Å². The van der Waals surface area contributed by atoms with Gasteiger partial charge >= 0.3 is 0 Å². The Morgan fingerprint density at radius 2 is 1.76 bits per heavy atom. The summed E-state index contributed by atoms with van der Waals surface area (Å²) >= 11 is 5.94. The minimum atomic E-state index is 0.0101. The quantitative estimate of drug-likeness (QED) is 0.679. The molecule has 3 aromatic carbocycles. The SMILES string of the molecule is Clc1ccc(C2CNc3c(ccc4ccccc34)O2)cc1. The molecule has 0 spiro atoms. The number of ether oxygens (including phenoxy) is 1. The fourth-order valence-corrected chi connectivity index (χ4v) is 2.91. The first-order chi connectivity index (χ1) is 10.3. The number of halogens is 1. The summed E-state index contributed by atoms with van der Waals surface area (Å²) in [6.45, 7) is 0.753. The van der Waals surface area contributed by atoms with E-state index in [1.54, 1.807) is 0 Å². The van der Waals surface area contributed by atoms with E-state index in [2.05, 4.69) is 35.6 Å². The van der Waals surface area contributed by atoms with E-state index in [4.69, 9.17) is 16.3 Å². The van der Waals surface area contributed by atoms with Crippen LogP contribution in [0.1, 0.15) is 11.7 Å². The van der Waals surface area contributed by atoms with Gasteiger partial charge in [0.1, 0.15) is 11.9 Å². The monoisotopic (exact) mass is 295 g/mol. The van der Waals surface area contributed by atoms with E-state index in [1.165, 1.54) is 10.8 Å². The zero-order chi connectivity index (χ0) is 14.2. The highest BCUT2D eigenvalue weighted by molar-refractivity contribution is 6.30. The number of rotatable bonds is 1. The highest BCUT2D eigenvalue weighted by atomic mass is 35.5. The number of hydrogen-bond donors (Lipinski definition) is 1. The van der Waals surface area contributed by atoms with Gasteiger partial charge in [0.05, 0.1) is 12.2 Å². The molecule has 3 aromatic rings. The van der Waals surface area contributed by atoms with Crippen molar-refractivity contribution in [1.82, 2.24) is 0 Å². The molecule has 1 N–H and O–H groups in total. The van der Waals surface area contributed by atoms with Crippen LogP contribution in [0.25, 0.3) is 10.8 Å². The van der Waals surface area contributed by atoms with Crippen LogP contribution in [0.2, 0.25) is 5.02 Å². The second-order valence-electron chi connectivity index (χ2n) is 5.20. The maximum atomic E-state index is 6.16. The standard InChI is InChI=1S/C18H14ClNO/c19-14-8-5-13(6-9-14)17-11-20-18-15-4-2-1-3-12(15)7-10-16(18)21-17/h1-10,17,20H,11H2. The highest BCUT2D eigenvalue weighted by Crippen LogP contribution is 2.39. The summed E-state index contributed by atoms with van der Waals surface area (Å²) in [4.78, 5) is 0. The molecule has 1 unspecified atom stereocenters. The molecule has 3 heteroatoms. The van der Waals surface area contributed by atoms with Gasteiger partial charge in [-0.2, -0.15) is 0 Å². The lowest BCUT2D eigenvalue weighted by Gasteiger charge is -2.28. The third kappa shape index (κ3) is 2.22. The van der Waals surface area contributed by atoms with Crippen molar-refractivity contribution in [3.8, 4) is 5.75 Å². The number of fused-ring (bicyclic) bond motifs is 3. The van der Waals surface area contributed by atoms with Crippen LogP contribution in [0.4, 0.5) is 5.69 Å². The van der Waals surface area contributed by atoms with E-state index in [0.717, 1.165) is 28.6 Å². The zero-order valence-corrected chi connectivity index (χ0v) is 12.1. The smallest absolute Gasteiger partial charge is 0.144 e. The Hall–Kier alpha value is -2.19. The summed E-state index contributed by atoms with van der Waals surface area (Å²) in [7, 11) is 0. The average molecular weight is 296 g/mol. The van der Waals surface area contributed by atoms with Gasteiger partial charge in [-0.3, -0.25) is 0 Å². The Morgan fingerprint density at radius 1 is 0.952 bits per heavy atom. The molecule has 1 heterocycles. The van der Waals surface area contributed by atoms with Crippen molar-refractivity contribution in [3.05, 3.63) is 71.2 Å². The summed E-state index contributed by atoms with van der Waals surface area (Å²) in [5.41, 5.74) is 2.21. The van der Waals surface area contributed by atoms with Crippen LogP contribution in [0.3, 0.4) is 0 Å². The summed E-state index contributed by atoms with van der Waals surface area (Å²) in [6.07, 6.45) is 0.0101. The number of nitrogens with one attached hydrogen (secondary N) is 1. The molecule has 0 saturated carbocycles. The van der Waals surface area contributed by atoms with Gasteiger partial charge in [0, 0.05) is 10.4 Å². The normalized spacial score (nSPS) is 16.9. The Balaban J connectivity index is 1.72. The van der Waals surface area contributed by atoms with Crippen molar-refractivity contribution in [2.75, 3.05) is 11.9 Å². The van der Waals surface area contributed by atoms with Gasteiger partial charge < -0.3 is 10.1 Å². The molecule has 0 bridgehead atoms. The molecule has 0 amide bonds. The van der Waals surface area contributed by atoms with E-state index in [0.29, 0.717) is 0 Å². The van der Waals surface area contributed by atoms with E-state index in [-0.39, 0.29) is 6.10 Å². The fourth-order valence-electron chi connectivity index (χ4n) is 2.79. The lowest BCUT2D eigenvalue weighted by Crippen LogP contribution is -2.23. The molecule has 1 aliphatic heterocycles. The van der Waals surface area contributed by atoms with Crippen LogP contribution in [0.5, 0.6) is 5.75 Å². The first-order valence-electron chi connectivity index (χ1n) is 6.99. The summed E-state index contributed by atoms with van der Waals surface area (Å²) in [5, 5.41) is 6.67. The van der Waals surface area contributed by atoms with E-state index < -0.39 is 0 Å². The van der Waals surface area contributed by atoms with Gasteiger partial charge in [0.2, 0.25) is 0 Å². The van der Waals surface area contributed by atoms with Gasteiger partial charge in [0.25, 0.3) is 0 Å². The molecule has 1 atom stereocenters. The molecule has 0 aliphatic carbocycles. The van der Waals surface area contributed by atoms with Crippen molar-refractivity contribution >= 4 is 28.1 Å². The number of benzene rings is 3. The molecule has 0 radical (unpaired) electrons. The molecular formula is C18H14ClNO. The summed E-state index contributed by atoms with van der Waals surface area (Å²) in [5.74, 6) is 0.903. The molecule has 4 rings (SSSR count). The van der Waals surface area contributed by atoms with E-state index in [9.17, 15) is 0 Å². The molecule has 0 saturated heterocycles. The second-order valence-corrected chi connectivity index (χ2v) is 5.64. The molecule has 0 fully saturated rings. The van der Waals surface area contributed by atoms with Crippen molar-refractivity contribution in [1.29, 1.82) is 0 Å². The van der Waals surface area contributed by atoms with Crippen LogP contribution in [-0.4, -0.2) is 6.54 Å². The van der Waals surface area contributed by atoms with Gasteiger partial charge in [-0.15, -0.1) is 0 Å². The maximum Gasteiger partial charge on any atom is 0.144 e. The predicted molar refractivity (Wildman–Crippen MR) is 87.3 cm³/mol. The Morgan fingerprint density at radius 3 is 2.62 bits per heavy atom. The van der Waals surface area contributed by atoms with Crippen molar-refractivity contribution in [3.63, 3.8) is 0 Å². The summed E-state index contributed by atoms with van der Waals surface area (Å²) in [6, 6.07) is 20.3. The molecule has 0 aromatic heterocycles. The highest BCUT2D eigenvalue weighted by Gasteiger charge is 2.22. The second kappa shape index (κ2) is 4.97. The first-order valence-corrected chi connectivity index (χ1v) is 7.37. The lowest BCUT2D eigenvalue weighted by molar-refractivity contribution is 0.211. The number of anilines is 1. The minimum Gasteiger partial charge on any atom is -0.482 e. The molecular weight excluding hydrogens is 282 g/mol. The van der Waals surface area contributed by atoms with Gasteiger partial charge in [-0.25, -0.2) is 0 Å². The molecule has 104 valence electrons. The zero-order valence-electron chi connectivity index (χ0n) is 11.3. The van der Waals surface area contributed by atoms with Gasteiger partial charge in [0.15, 0.2) is 0 Å². The van der Waals surface area contributed by atoms with Crippen LogP contribution >= 0.6 is 11.6 Å². The van der Waals surface area contributed by atoms with Crippen molar-refractivity contribution in [2.24, 2.45) is 0 Å². The topological polar surface area (TPSA) is 21.3 Å². The van der Waals surface area contributed by atoms with Crippen LogP contribution in [0.15, 0.2) is 60.7 Å². The largest absolute Gasteiger partial charge is 0.482 e. The molecule has 1 aliphatic rings.